The Hall–Kier alpha value is -1.23. The normalized spacial score (nSPS) is 12.9. The Morgan fingerprint density at radius 3 is 3.06 bits per heavy atom. The Morgan fingerprint density at radius 2 is 2.35 bits per heavy atom. The van der Waals surface area contributed by atoms with Crippen LogP contribution in [-0.2, 0) is 0 Å². The first kappa shape index (κ1) is 12.2. The van der Waals surface area contributed by atoms with Crippen molar-refractivity contribution in [1.82, 2.24) is 14.4 Å². The molecule has 17 heavy (non-hydrogen) atoms. The summed E-state index contributed by atoms with van der Waals surface area (Å²) in [6, 6.07) is 0. The van der Waals surface area contributed by atoms with Crippen LogP contribution >= 0.6 is 11.8 Å². The number of hydrogen-bond acceptors (Lipinski definition) is 4. The van der Waals surface area contributed by atoms with E-state index in [9.17, 15) is 0 Å². The van der Waals surface area contributed by atoms with Gasteiger partial charge in [-0.3, -0.25) is 0 Å². The highest BCUT2D eigenvalue weighted by Gasteiger charge is 2.09. The van der Waals surface area contributed by atoms with Crippen molar-refractivity contribution in [3.05, 3.63) is 18.6 Å². The summed E-state index contributed by atoms with van der Waals surface area (Å²) in [5.41, 5.74) is 0.942. The average Bonchev–Trinajstić information content (AvgIpc) is 2.83. The molecule has 0 spiro atoms. The monoisotopic (exact) mass is 250 g/mol. The Labute approximate surface area is 106 Å². The topological polar surface area (TPSA) is 42.2 Å². The molecule has 0 aromatic carbocycles. The van der Waals surface area contributed by atoms with E-state index in [2.05, 4.69) is 29.1 Å². The minimum Gasteiger partial charge on any atom is -0.372 e. The average molecular weight is 250 g/mol. The quantitative estimate of drug-likeness (QED) is 0.829. The third-order valence-corrected chi connectivity index (χ3v) is 4.08. The fourth-order valence-corrected chi connectivity index (χ4v) is 2.59. The summed E-state index contributed by atoms with van der Waals surface area (Å²) in [7, 11) is 1.88. The van der Waals surface area contributed by atoms with Crippen LogP contribution in [-0.4, -0.2) is 27.2 Å². The first-order valence-corrected chi connectivity index (χ1v) is 6.87. The molecule has 4 nitrogen and oxygen atoms in total. The van der Waals surface area contributed by atoms with E-state index in [4.69, 9.17) is 0 Å². The number of anilines is 1. The van der Waals surface area contributed by atoms with E-state index in [1.165, 1.54) is 6.42 Å². The zero-order chi connectivity index (χ0) is 12.3. The van der Waals surface area contributed by atoms with E-state index < -0.39 is 0 Å². The number of rotatable bonds is 5. The molecule has 1 atom stereocenters. The molecule has 5 heteroatoms. The second-order valence-electron chi connectivity index (χ2n) is 4.16. The fraction of sp³-hybridized carbons (Fsp3) is 0.500. The lowest BCUT2D eigenvalue weighted by Gasteiger charge is -2.09. The van der Waals surface area contributed by atoms with Crippen LogP contribution in [0.15, 0.2) is 23.6 Å². The molecule has 92 valence electrons. The molecule has 2 heterocycles. The van der Waals surface area contributed by atoms with E-state index in [1.807, 2.05) is 30.0 Å². The fourth-order valence-electron chi connectivity index (χ4n) is 1.46. The summed E-state index contributed by atoms with van der Waals surface area (Å²) in [6.07, 6.45) is 6.91. The molecule has 1 unspecified atom stereocenters. The van der Waals surface area contributed by atoms with Gasteiger partial charge in [0.05, 0.1) is 6.20 Å². The lowest BCUT2D eigenvalue weighted by Crippen LogP contribution is -2.01. The van der Waals surface area contributed by atoms with Gasteiger partial charge < -0.3 is 9.72 Å². The predicted octanol–water partition coefficient (Wildman–Crippen LogP) is 2.91. The smallest absolute Gasteiger partial charge is 0.169 e. The number of thioether (sulfide) groups is 1. The maximum absolute atomic E-state index is 4.57. The van der Waals surface area contributed by atoms with Gasteiger partial charge in [0.25, 0.3) is 0 Å². The molecule has 0 aliphatic carbocycles. The van der Waals surface area contributed by atoms with Gasteiger partial charge in [0.15, 0.2) is 5.65 Å². The summed E-state index contributed by atoms with van der Waals surface area (Å²) in [5.74, 6) is 2.66. The molecule has 0 saturated carbocycles. The highest BCUT2D eigenvalue weighted by Crippen LogP contribution is 2.25. The molecule has 2 aromatic heterocycles. The number of nitrogens with zero attached hydrogens (tertiary/aromatic N) is 3. The van der Waals surface area contributed by atoms with Crippen LogP contribution in [0.3, 0.4) is 0 Å². The summed E-state index contributed by atoms with van der Waals surface area (Å²) in [4.78, 5) is 8.92. The van der Waals surface area contributed by atoms with Gasteiger partial charge in [-0.25, -0.2) is 9.97 Å². The summed E-state index contributed by atoms with van der Waals surface area (Å²) in [6.45, 7) is 4.48. The molecule has 1 N–H and O–H groups in total. The molecule has 2 rings (SSSR count). The Balaban J connectivity index is 2.27. The Morgan fingerprint density at radius 1 is 1.53 bits per heavy atom. The van der Waals surface area contributed by atoms with E-state index in [0.29, 0.717) is 5.92 Å². The van der Waals surface area contributed by atoms with Gasteiger partial charge in [0.2, 0.25) is 0 Å². The van der Waals surface area contributed by atoms with Gasteiger partial charge in [-0.1, -0.05) is 20.3 Å². The van der Waals surface area contributed by atoms with Crippen molar-refractivity contribution in [2.45, 2.75) is 25.3 Å². The number of hydrogen-bond donors (Lipinski definition) is 1. The third-order valence-electron chi connectivity index (χ3n) is 2.80. The van der Waals surface area contributed by atoms with Crippen LogP contribution in [0.25, 0.3) is 5.65 Å². The highest BCUT2D eigenvalue weighted by atomic mass is 32.2. The van der Waals surface area contributed by atoms with Crippen molar-refractivity contribution in [2.24, 2.45) is 5.92 Å². The molecule has 0 saturated heterocycles. The second kappa shape index (κ2) is 5.40. The predicted molar refractivity (Wildman–Crippen MR) is 72.7 cm³/mol. The Kier molecular flexibility index (Phi) is 3.89. The summed E-state index contributed by atoms with van der Waals surface area (Å²) < 4.78 is 2.01. The van der Waals surface area contributed by atoms with Crippen molar-refractivity contribution in [3.8, 4) is 0 Å². The molecule has 0 aliphatic rings. The lowest BCUT2D eigenvalue weighted by atomic mass is 10.2. The standard InChI is InChI=1S/C12H18N4S/c1-4-9(2)8-17-12-11-14-5-6-16(11)7-10(13-3)15-12/h5-7,9,13H,4,8H2,1-3H3. The van der Waals surface area contributed by atoms with Gasteiger partial charge in [-0.15, -0.1) is 11.8 Å². The third kappa shape index (κ3) is 2.72. The second-order valence-corrected chi connectivity index (χ2v) is 5.17. The highest BCUT2D eigenvalue weighted by molar-refractivity contribution is 7.99. The lowest BCUT2D eigenvalue weighted by molar-refractivity contribution is 0.636. The molecule has 0 bridgehead atoms. The van der Waals surface area contributed by atoms with Gasteiger partial charge in [0.1, 0.15) is 10.8 Å². The summed E-state index contributed by atoms with van der Waals surface area (Å²) >= 11 is 1.78. The van der Waals surface area contributed by atoms with E-state index in [1.54, 1.807) is 11.8 Å². The Bertz CT molecular complexity index is 494. The van der Waals surface area contributed by atoms with Gasteiger partial charge in [0, 0.05) is 25.2 Å². The first-order chi connectivity index (χ1) is 8.24. The number of imidazole rings is 1. The van der Waals surface area contributed by atoms with Crippen molar-refractivity contribution in [2.75, 3.05) is 18.1 Å². The van der Waals surface area contributed by atoms with Crippen LogP contribution < -0.4 is 5.32 Å². The first-order valence-electron chi connectivity index (χ1n) is 5.88. The molecular weight excluding hydrogens is 232 g/mol. The van der Waals surface area contributed by atoms with Gasteiger partial charge >= 0.3 is 0 Å². The molecule has 0 aliphatic heterocycles. The largest absolute Gasteiger partial charge is 0.372 e. The van der Waals surface area contributed by atoms with Crippen LogP contribution in [0.1, 0.15) is 20.3 Å². The maximum Gasteiger partial charge on any atom is 0.169 e. The summed E-state index contributed by atoms with van der Waals surface area (Å²) in [5, 5.41) is 4.08. The molecule has 0 fully saturated rings. The van der Waals surface area contributed by atoms with Crippen LogP contribution in [0.2, 0.25) is 0 Å². The van der Waals surface area contributed by atoms with Crippen molar-refractivity contribution in [1.29, 1.82) is 0 Å². The molecule has 0 amide bonds. The van der Waals surface area contributed by atoms with Crippen LogP contribution in [0, 0.1) is 5.92 Å². The van der Waals surface area contributed by atoms with Crippen LogP contribution in [0.4, 0.5) is 5.82 Å². The zero-order valence-electron chi connectivity index (χ0n) is 10.5. The maximum atomic E-state index is 4.57. The minimum absolute atomic E-state index is 0.704. The van der Waals surface area contributed by atoms with Crippen molar-refractivity contribution >= 4 is 23.2 Å². The minimum atomic E-state index is 0.704. The van der Waals surface area contributed by atoms with E-state index >= 15 is 0 Å². The number of fused-ring (bicyclic) bond motifs is 1. The number of aromatic nitrogens is 3. The molecule has 0 radical (unpaired) electrons. The van der Waals surface area contributed by atoms with Crippen molar-refractivity contribution in [3.63, 3.8) is 0 Å². The molecular formula is C12H18N4S. The SMILES string of the molecule is CCC(C)CSc1nc(NC)cn2ccnc12. The van der Waals surface area contributed by atoms with E-state index in [0.717, 1.165) is 22.2 Å². The van der Waals surface area contributed by atoms with E-state index in [-0.39, 0.29) is 0 Å². The zero-order valence-corrected chi connectivity index (χ0v) is 11.3. The molecule has 2 aromatic rings. The number of nitrogens with one attached hydrogen (secondary N) is 1. The van der Waals surface area contributed by atoms with Gasteiger partial charge in [-0.05, 0) is 5.92 Å². The van der Waals surface area contributed by atoms with Crippen molar-refractivity contribution < 1.29 is 0 Å². The van der Waals surface area contributed by atoms with Crippen LogP contribution in [0.5, 0.6) is 0 Å². The van der Waals surface area contributed by atoms with Gasteiger partial charge in [-0.2, -0.15) is 0 Å².